The molecule has 0 fully saturated rings. The van der Waals surface area contributed by atoms with E-state index < -0.39 is 6.10 Å². The van der Waals surface area contributed by atoms with Crippen LogP contribution in [0.1, 0.15) is 19.4 Å². The van der Waals surface area contributed by atoms with Crippen LogP contribution in [0.5, 0.6) is 11.5 Å². The van der Waals surface area contributed by atoms with Crippen LogP contribution in [0.15, 0.2) is 18.2 Å². The highest BCUT2D eigenvalue weighted by Crippen LogP contribution is 2.25. The standard InChI is InChI=1S/C13H20N2O3/c1-4-15-13(16)9(2)18-12-7-11(17-3)6-5-10(12)8-14/h5-7,9H,4,8,14H2,1-3H3,(H,15,16). The molecule has 1 aromatic carbocycles. The molecule has 0 aliphatic carbocycles. The van der Waals surface area contributed by atoms with Gasteiger partial charge in [0.25, 0.3) is 5.91 Å². The van der Waals surface area contributed by atoms with E-state index in [4.69, 9.17) is 15.2 Å². The molecule has 0 spiro atoms. The number of hydrogen-bond acceptors (Lipinski definition) is 4. The summed E-state index contributed by atoms with van der Waals surface area (Å²) in [7, 11) is 1.58. The van der Waals surface area contributed by atoms with E-state index in [1.807, 2.05) is 19.1 Å². The molecule has 100 valence electrons. The van der Waals surface area contributed by atoms with Gasteiger partial charge in [0, 0.05) is 24.7 Å². The Hall–Kier alpha value is -1.75. The third kappa shape index (κ3) is 3.63. The molecule has 5 heteroatoms. The molecule has 0 aromatic heterocycles. The molecule has 0 aliphatic heterocycles. The maximum atomic E-state index is 11.6. The minimum Gasteiger partial charge on any atom is -0.497 e. The first-order valence-electron chi connectivity index (χ1n) is 5.93. The number of rotatable bonds is 6. The van der Waals surface area contributed by atoms with Crippen molar-refractivity contribution in [3.63, 3.8) is 0 Å². The van der Waals surface area contributed by atoms with Crippen molar-refractivity contribution in [1.82, 2.24) is 5.32 Å². The van der Waals surface area contributed by atoms with E-state index in [9.17, 15) is 4.79 Å². The Balaban J connectivity index is 2.84. The zero-order valence-electron chi connectivity index (χ0n) is 11.0. The van der Waals surface area contributed by atoms with Gasteiger partial charge in [0.05, 0.1) is 7.11 Å². The van der Waals surface area contributed by atoms with Gasteiger partial charge in [-0.1, -0.05) is 6.07 Å². The molecule has 0 bridgehead atoms. The lowest BCUT2D eigenvalue weighted by atomic mass is 10.2. The van der Waals surface area contributed by atoms with Crippen molar-refractivity contribution in [2.24, 2.45) is 5.73 Å². The predicted octanol–water partition coefficient (Wildman–Crippen LogP) is 1.06. The largest absolute Gasteiger partial charge is 0.497 e. The van der Waals surface area contributed by atoms with Crippen LogP contribution in [0, 0.1) is 0 Å². The third-order valence-electron chi connectivity index (χ3n) is 2.52. The smallest absolute Gasteiger partial charge is 0.260 e. The van der Waals surface area contributed by atoms with Gasteiger partial charge in [0.1, 0.15) is 11.5 Å². The number of benzene rings is 1. The average molecular weight is 252 g/mol. The number of amides is 1. The number of nitrogens with two attached hydrogens (primary N) is 1. The van der Waals surface area contributed by atoms with Crippen molar-refractivity contribution in [1.29, 1.82) is 0 Å². The maximum absolute atomic E-state index is 11.6. The lowest BCUT2D eigenvalue weighted by molar-refractivity contribution is -0.127. The molecule has 1 amide bonds. The number of hydrogen-bond donors (Lipinski definition) is 2. The summed E-state index contributed by atoms with van der Waals surface area (Å²) >= 11 is 0. The van der Waals surface area contributed by atoms with Gasteiger partial charge in [-0.05, 0) is 19.9 Å². The quantitative estimate of drug-likeness (QED) is 0.794. The topological polar surface area (TPSA) is 73.6 Å². The molecule has 0 aliphatic rings. The lowest BCUT2D eigenvalue weighted by Gasteiger charge is -2.17. The summed E-state index contributed by atoms with van der Waals surface area (Å²) in [5.41, 5.74) is 6.47. The summed E-state index contributed by atoms with van der Waals surface area (Å²) < 4.78 is 10.7. The van der Waals surface area contributed by atoms with Gasteiger partial charge in [-0.2, -0.15) is 0 Å². The van der Waals surface area contributed by atoms with Crippen LogP contribution in [-0.2, 0) is 11.3 Å². The summed E-state index contributed by atoms with van der Waals surface area (Å²) in [4.78, 5) is 11.6. The van der Waals surface area contributed by atoms with Crippen LogP contribution in [-0.4, -0.2) is 25.7 Å². The van der Waals surface area contributed by atoms with Crippen LogP contribution in [0.3, 0.4) is 0 Å². The Kier molecular flexibility index (Phi) is 5.45. The third-order valence-corrected chi connectivity index (χ3v) is 2.52. The van der Waals surface area contributed by atoms with E-state index in [1.165, 1.54) is 0 Å². The summed E-state index contributed by atoms with van der Waals surface area (Å²) in [6.45, 7) is 4.49. The molecule has 18 heavy (non-hydrogen) atoms. The first kappa shape index (κ1) is 14.3. The zero-order chi connectivity index (χ0) is 13.5. The minimum atomic E-state index is -0.567. The Morgan fingerprint density at radius 1 is 1.50 bits per heavy atom. The number of likely N-dealkylation sites (N-methyl/N-ethyl adjacent to an activating group) is 1. The Morgan fingerprint density at radius 2 is 2.22 bits per heavy atom. The van der Waals surface area contributed by atoms with E-state index in [0.29, 0.717) is 24.6 Å². The van der Waals surface area contributed by atoms with Crippen molar-refractivity contribution in [2.75, 3.05) is 13.7 Å². The normalized spacial score (nSPS) is 11.8. The second-order valence-corrected chi connectivity index (χ2v) is 3.83. The van der Waals surface area contributed by atoms with Gasteiger partial charge in [-0.15, -0.1) is 0 Å². The van der Waals surface area contributed by atoms with Gasteiger partial charge in [-0.25, -0.2) is 0 Å². The monoisotopic (exact) mass is 252 g/mol. The van der Waals surface area contributed by atoms with Crippen molar-refractivity contribution in [3.05, 3.63) is 23.8 Å². The van der Waals surface area contributed by atoms with Crippen LogP contribution < -0.4 is 20.5 Å². The highest BCUT2D eigenvalue weighted by molar-refractivity contribution is 5.80. The fourth-order valence-corrected chi connectivity index (χ4v) is 1.50. The molecule has 0 saturated heterocycles. The molecule has 3 N–H and O–H groups in total. The summed E-state index contributed by atoms with van der Waals surface area (Å²) in [5, 5.41) is 2.71. The molecule has 1 unspecified atom stereocenters. The van der Waals surface area contributed by atoms with Crippen molar-refractivity contribution < 1.29 is 14.3 Å². The first-order chi connectivity index (χ1) is 8.62. The van der Waals surface area contributed by atoms with Crippen LogP contribution in [0.25, 0.3) is 0 Å². The Labute approximate surface area is 107 Å². The first-order valence-corrected chi connectivity index (χ1v) is 5.93. The average Bonchev–Trinajstić information content (AvgIpc) is 2.38. The fraction of sp³-hybridized carbons (Fsp3) is 0.462. The highest BCUT2D eigenvalue weighted by atomic mass is 16.5. The molecule has 1 atom stereocenters. The minimum absolute atomic E-state index is 0.150. The van der Waals surface area contributed by atoms with Crippen LogP contribution >= 0.6 is 0 Å². The molecular weight excluding hydrogens is 232 g/mol. The number of carbonyl (C=O) groups excluding carboxylic acids is 1. The Morgan fingerprint density at radius 3 is 2.78 bits per heavy atom. The number of methoxy groups -OCH3 is 1. The van der Waals surface area contributed by atoms with E-state index in [1.54, 1.807) is 20.1 Å². The lowest BCUT2D eigenvalue weighted by Crippen LogP contribution is -2.36. The number of nitrogens with one attached hydrogen (secondary N) is 1. The zero-order valence-corrected chi connectivity index (χ0v) is 11.0. The molecule has 1 aromatic rings. The van der Waals surface area contributed by atoms with Crippen LogP contribution in [0.2, 0.25) is 0 Å². The van der Waals surface area contributed by atoms with Gasteiger partial charge in [-0.3, -0.25) is 4.79 Å². The van der Waals surface area contributed by atoms with E-state index in [-0.39, 0.29) is 5.91 Å². The van der Waals surface area contributed by atoms with Crippen molar-refractivity contribution in [3.8, 4) is 11.5 Å². The van der Waals surface area contributed by atoms with E-state index >= 15 is 0 Å². The molecule has 0 saturated carbocycles. The highest BCUT2D eigenvalue weighted by Gasteiger charge is 2.15. The van der Waals surface area contributed by atoms with Crippen LogP contribution in [0.4, 0.5) is 0 Å². The number of carbonyl (C=O) groups is 1. The molecule has 0 radical (unpaired) electrons. The van der Waals surface area contributed by atoms with E-state index in [2.05, 4.69) is 5.32 Å². The molecular formula is C13H20N2O3. The summed E-state index contributed by atoms with van der Waals surface area (Å²) in [6, 6.07) is 5.38. The molecule has 5 nitrogen and oxygen atoms in total. The maximum Gasteiger partial charge on any atom is 0.260 e. The SMILES string of the molecule is CCNC(=O)C(C)Oc1cc(OC)ccc1CN. The van der Waals surface area contributed by atoms with Gasteiger partial charge in [0.2, 0.25) is 0 Å². The van der Waals surface area contributed by atoms with Gasteiger partial charge in [0.15, 0.2) is 6.10 Å². The predicted molar refractivity (Wildman–Crippen MR) is 69.7 cm³/mol. The molecule has 0 heterocycles. The van der Waals surface area contributed by atoms with Crippen molar-refractivity contribution >= 4 is 5.91 Å². The summed E-state index contributed by atoms with van der Waals surface area (Å²) in [5.74, 6) is 1.10. The second-order valence-electron chi connectivity index (χ2n) is 3.83. The van der Waals surface area contributed by atoms with Gasteiger partial charge >= 0.3 is 0 Å². The van der Waals surface area contributed by atoms with E-state index in [0.717, 1.165) is 5.56 Å². The summed E-state index contributed by atoms with van der Waals surface area (Å²) in [6.07, 6.45) is -0.567. The fourth-order valence-electron chi connectivity index (χ4n) is 1.50. The van der Waals surface area contributed by atoms with Gasteiger partial charge < -0.3 is 20.5 Å². The molecule has 1 rings (SSSR count). The Bertz CT molecular complexity index is 407. The second kappa shape index (κ2) is 6.86. The van der Waals surface area contributed by atoms with Crippen molar-refractivity contribution in [2.45, 2.75) is 26.5 Å². The number of ether oxygens (including phenoxy) is 2.